The molecule has 2 unspecified atom stereocenters. The molecule has 0 spiro atoms. The number of carboxylic acids is 1. The molecule has 0 radical (unpaired) electrons. The minimum atomic E-state index is -1.90. The standard InChI is InChI=1S/C25H31N5O4S/c1-15-8-6-9-16(2)22(15)19-12-20(34-14-17(26)13-25(3,4)5)29-24(28-19)30-35(33)21-11-7-10-18(27-21)23(31)32/h6-12,17H,13-14,26H2,1-5H3,(H,31,32)(H,28,29,30). The number of ether oxygens (including phenoxy) is 1. The van der Waals surface area contributed by atoms with Gasteiger partial charge in [0, 0.05) is 17.7 Å². The second-order valence-electron chi connectivity index (χ2n) is 9.55. The van der Waals surface area contributed by atoms with Crippen LogP contribution in [0.15, 0.2) is 47.5 Å². The Hall–Kier alpha value is -3.37. The molecule has 35 heavy (non-hydrogen) atoms. The number of nitrogens with one attached hydrogen (secondary N) is 1. The molecule has 0 saturated heterocycles. The van der Waals surface area contributed by atoms with Crippen molar-refractivity contribution in [3.63, 3.8) is 0 Å². The lowest BCUT2D eigenvalue weighted by atomic mass is 9.89. The van der Waals surface area contributed by atoms with Gasteiger partial charge in [0.2, 0.25) is 11.8 Å². The van der Waals surface area contributed by atoms with Gasteiger partial charge in [-0.2, -0.15) is 4.98 Å². The van der Waals surface area contributed by atoms with E-state index in [1.54, 1.807) is 6.07 Å². The molecule has 0 saturated carbocycles. The Bertz CT molecular complexity index is 1220. The minimum Gasteiger partial charge on any atom is -0.477 e. The maximum Gasteiger partial charge on any atom is 0.354 e. The molecule has 10 heteroatoms. The highest BCUT2D eigenvalue weighted by atomic mass is 32.2. The Kier molecular flexibility index (Phi) is 8.18. The van der Waals surface area contributed by atoms with Gasteiger partial charge in [-0.25, -0.2) is 19.0 Å². The van der Waals surface area contributed by atoms with Crippen molar-refractivity contribution in [1.29, 1.82) is 0 Å². The Morgan fingerprint density at radius 3 is 2.40 bits per heavy atom. The summed E-state index contributed by atoms with van der Waals surface area (Å²) < 4.78 is 21.6. The molecule has 0 aliphatic rings. The number of hydrogen-bond donors (Lipinski definition) is 3. The smallest absolute Gasteiger partial charge is 0.354 e. The molecule has 3 rings (SSSR count). The molecule has 4 N–H and O–H groups in total. The van der Waals surface area contributed by atoms with Crippen molar-refractivity contribution in [2.45, 2.75) is 52.1 Å². The van der Waals surface area contributed by atoms with Crippen LogP contribution in [0, 0.1) is 19.3 Å². The van der Waals surface area contributed by atoms with E-state index in [0.717, 1.165) is 23.1 Å². The van der Waals surface area contributed by atoms with Crippen LogP contribution in [0.5, 0.6) is 5.88 Å². The second kappa shape index (κ2) is 10.9. The number of nitrogens with zero attached hydrogens (tertiary/aromatic N) is 3. The van der Waals surface area contributed by atoms with Crippen LogP contribution < -0.4 is 15.2 Å². The van der Waals surface area contributed by atoms with E-state index in [2.05, 4.69) is 40.4 Å². The summed E-state index contributed by atoms with van der Waals surface area (Å²) in [5, 5.41) is 9.21. The van der Waals surface area contributed by atoms with E-state index in [4.69, 9.17) is 10.5 Å². The molecule has 0 aliphatic carbocycles. The second-order valence-corrected chi connectivity index (χ2v) is 10.7. The molecule has 2 atom stereocenters. The van der Waals surface area contributed by atoms with E-state index in [0.29, 0.717) is 5.69 Å². The van der Waals surface area contributed by atoms with Crippen LogP contribution in [0.4, 0.5) is 5.95 Å². The number of aryl methyl sites for hydroxylation is 2. The number of pyridine rings is 1. The zero-order valence-electron chi connectivity index (χ0n) is 20.5. The third-order valence-electron chi connectivity index (χ3n) is 5.08. The van der Waals surface area contributed by atoms with E-state index >= 15 is 0 Å². The Morgan fingerprint density at radius 1 is 1.11 bits per heavy atom. The van der Waals surface area contributed by atoms with Gasteiger partial charge in [0.1, 0.15) is 17.3 Å². The lowest BCUT2D eigenvalue weighted by molar-refractivity contribution is 0.0689. The normalized spacial score (nSPS) is 13.2. The fraction of sp³-hybridized carbons (Fsp3) is 0.360. The van der Waals surface area contributed by atoms with Gasteiger partial charge in [0.25, 0.3) is 0 Å². The number of hydrogen-bond acceptors (Lipinski definition) is 7. The fourth-order valence-corrected chi connectivity index (χ4v) is 4.45. The third-order valence-corrected chi connectivity index (χ3v) is 6.05. The summed E-state index contributed by atoms with van der Waals surface area (Å²) in [7, 11) is -1.90. The average Bonchev–Trinajstić information content (AvgIpc) is 2.76. The summed E-state index contributed by atoms with van der Waals surface area (Å²) in [6.07, 6.45) is 0.766. The van der Waals surface area contributed by atoms with Gasteiger partial charge >= 0.3 is 5.97 Å². The number of nitrogens with two attached hydrogens (primary N) is 1. The molecule has 2 heterocycles. The van der Waals surface area contributed by atoms with Crippen LogP contribution >= 0.6 is 0 Å². The van der Waals surface area contributed by atoms with E-state index < -0.39 is 17.0 Å². The monoisotopic (exact) mass is 497 g/mol. The topological polar surface area (TPSA) is 140 Å². The number of rotatable bonds is 9. The molecule has 186 valence electrons. The highest BCUT2D eigenvalue weighted by Gasteiger charge is 2.18. The zero-order valence-corrected chi connectivity index (χ0v) is 21.3. The molecule has 0 amide bonds. The number of anilines is 1. The number of benzene rings is 1. The van der Waals surface area contributed by atoms with Gasteiger partial charge in [-0.05, 0) is 48.9 Å². The van der Waals surface area contributed by atoms with Gasteiger partial charge in [-0.1, -0.05) is 45.0 Å². The number of aromatic carboxylic acids is 1. The molecule has 0 fully saturated rings. The largest absolute Gasteiger partial charge is 0.477 e. The Labute approximate surface area is 207 Å². The first kappa shape index (κ1) is 26.2. The molecule has 9 nitrogen and oxygen atoms in total. The maximum atomic E-state index is 12.9. The zero-order chi connectivity index (χ0) is 25.8. The van der Waals surface area contributed by atoms with Crippen molar-refractivity contribution < 1.29 is 18.8 Å². The number of carboxylic acid groups (broad SMARTS) is 1. The van der Waals surface area contributed by atoms with E-state index in [1.165, 1.54) is 18.2 Å². The van der Waals surface area contributed by atoms with Gasteiger partial charge < -0.3 is 15.6 Å². The van der Waals surface area contributed by atoms with Crippen molar-refractivity contribution in [3.05, 3.63) is 59.3 Å². The van der Waals surface area contributed by atoms with E-state index in [9.17, 15) is 14.1 Å². The highest BCUT2D eigenvalue weighted by Crippen LogP contribution is 2.29. The first-order chi connectivity index (χ1) is 16.4. The number of carbonyl (C=O) groups is 1. The van der Waals surface area contributed by atoms with Gasteiger partial charge in [-0.15, -0.1) is 0 Å². The van der Waals surface area contributed by atoms with Crippen molar-refractivity contribution in [3.8, 4) is 17.1 Å². The maximum absolute atomic E-state index is 12.9. The summed E-state index contributed by atoms with van der Waals surface area (Å²) in [5.74, 6) is -0.862. The number of aromatic nitrogens is 3. The van der Waals surface area contributed by atoms with Crippen molar-refractivity contribution in [2.24, 2.45) is 11.1 Å². The van der Waals surface area contributed by atoms with E-state index in [1.807, 2.05) is 32.0 Å². The predicted molar refractivity (Wildman–Crippen MR) is 136 cm³/mol. The summed E-state index contributed by atoms with van der Waals surface area (Å²) in [6.45, 7) is 10.6. The van der Waals surface area contributed by atoms with Crippen molar-refractivity contribution >= 4 is 22.9 Å². The summed E-state index contributed by atoms with van der Waals surface area (Å²) in [5.41, 5.74) is 9.64. The average molecular weight is 498 g/mol. The quantitative estimate of drug-likeness (QED) is 0.401. The Balaban J connectivity index is 1.94. The molecular formula is C25H31N5O4S. The first-order valence-electron chi connectivity index (χ1n) is 11.2. The van der Waals surface area contributed by atoms with Crippen LogP contribution in [-0.2, 0) is 11.0 Å². The highest BCUT2D eigenvalue weighted by molar-refractivity contribution is 7.86. The first-order valence-corrected chi connectivity index (χ1v) is 12.3. The van der Waals surface area contributed by atoms with Crippen molar-refractivity contribution in [2.75, 3.05) is 11.3 Å². The summed E-state index contributed by atoms with van der Waals surface area (Å²) in [4.78, 5) is 24.1. The molecule has 2 aromatic heterocycles. The molecule has 0 bridgehead atoms. The molecular weight excluding hydrogens is 466 g/mol. The van der Waals surface area contributed by atoms with Gasteiger partial charge in [0.15, 0.2) is 11.0 Å². The molecule has 0 aliphatic heterocycles. The lowest BCUT2D eigenvalue weighted by Crippen LogP contribution is -2.32. The Morgan fingerprint density at radius 2 is 1.77 bits per heavy atom. The third kappa shape index (κ3) is 7.30. The lowest BCUT2D eigenvalue weighted by Gasteiger charge is -2.23. The van der Waals surface area contributed by atoms with Crippen LogP contribution in [0.25, 0.3) is 11.3 Å². The van der Waals surface area contributed by atoms with Gasteiger partial charge in [0.05, 0.1) is 5.69 Å². The SMILES string of the molecule is Cc1cccc(C)c1-c1cc(OCC(N)CC(C)(C)C)nc(NS(=O)c2cccc(C(=O)O)n2)n1. The molecule has 3 aromatic rings. The minimum absolute atomic E-state index is 0.0423. The van der Waals surface area contributed by atoms with Gasteiger partial charge in [-0.3, -0.25) is 4.72 Å². The van der Waals surface area contributed by atoms with Crippen LogP contribution in [-0.4, -0.2) is 42.9 Å². The summed E-state index contributed by atoms with van der Waals surface area (Å²) in [6, 6.07) is 11.7. The predicted octanol–water partition coefficient (Wildman–Crippen LogP) is 4.13. The molecule has 1 aromatic carbocycles. The van der Waals surface area contributed by atoms with Crippen LogP contribution in [0.1, 0.15) is 48.8 Å². The van der Waals surface area contributed by atoms with Crippen LogP contribution in [0.2, 0.25) is 0 Å². The fourth-order valence-electron chi connectivity index (χ4n) is 3.70. The van der Waals surface area contributed by atoms with E-state index in [-0.39, 0.29) is 40.6 Å². The van der Waals surface area contributed by atoms with Crippen LogP contribution in [0.3, 0.4) is 0 Å². The summed E-state index contributed by atoms with van der Waals surface area (Å²) >= 11 is 0. The van der Waals surface area contributed by atoms with Crippen molar-refractivity contribution in [1.82, 2.24) is 15.0 Å².